The fraction of sp³-hybridized carbons (Fsp3) is 0.952. The maximum Gasteiger partial charge on any atom is 0.142 e. The fourth-order valence-corrected chi connectivity index (χ4v) is 9.38. The first-order chi connectivity index (χ1) is 11.7. The first-order valence-corrected chi connectivity index (χ1v) is 11.1. The van der Waals surface area contributed by atoms with Crippen LogP contribution in [-0.4, -0.2) is 33.5 Å². The van der Waals surface area contributed by atoms with Crippen LogP contribution in [0.1, 0.15) is 59.8 Å². The highest BCUT2D eigenvalue weighted by Crippen LogP contribution is 2.74. The summed E-state index contributed by atoms with van der Waals surface area (Å²) in [5, 5.41) is 10.3. The highest BCUT2D eigenvalue weighted by Gasteiger charge is 2.79. The molecule has 1 aliphatic heterocycles. The lowest BCUT2D eigenvalue weighted by atomic mass is 9.44. The van der Waals surface area contributed by atoms with E-state index in [1.54, 1.807) is 0 Å². The second-order valence-electron chi connectivity index (χ2n) is 10.4. The third kappa shape index (κ3) is 1.78. The number of rotatable bonds is 0. The number of aliphatic hydroxyl groups excluding tert-OH is 1. The summed E-state index contributed by atoms with van der Waals surface area (Å²) in [4.78, 5) is 13.4. The van der Waals surface area contributed by atoms with Crippen molar-refractivity contribution in [3.8, 4) is 0 Å². The zero-order valence-electron chi connectivity index (χ0n) is 15.8. The van der Waals surface area contributed by atoms with Crippen molar-refractivity contribution in [3.05, 3.63) is 0 Å². The lowest BCUT2D eigenvalue weighted by Gasteiger charge is -2.60. The van der Waals surface area contributed by atoms with Crippen LogP contribution in [0.4, 0.5) is 0 Å². The first kappa shape index (κ1) is 17.2. The molecule has 0 bridgehead atoms. The maximum absolute atomic E-state index is 13.1. The number of hydrogen-bond donors (Lipinski definition) is 1. The van der Waals surface area contributed by atoms with Gasteiger partial charge in [-0.3, -0.25) is 4.79 Å². The van der Waals surface area contributed by atoms with Gasteiger partial charge in [0.2, 0.25) is 0 Å². The number of ether oxygens (including phenoxy) is 1. The summed E-state index contributed by atoms with van der Waals surface area (Å²) in [7, 11) is 0. The third-order valence-electron chi connectivity index (χ3n) is 9.64. The molecule has 1 spiro atoms. The number of halogens is 1. The van der Waals surface area contributed by atoms with Crippen molar-refractivity contribution in [1.82, 2.24) is 0 Å². The smallest absolute Gasteiger partial charge is 0.142 e. The van der Waals surface area contributed by atoms with Crippen LogP contribution < -0.4 is 0 Å². The van der Waals surface area contributed by atoms with E-state index in [1.807, 2.05) is 0 Å². The third-order valence-corrected chi connectivity index (χ3v) is 10.7. The molecule has 1 heterocycles. The van der Waals surface area contributed by atoms with Crippen LogP contribution in [0, 0.1) is 40.4 Å². The summed E-state index contributed by atoms with van der Waals surface area (Å²) < 4.78 is 6.43. The molecule has 4 aliphatic carbocycles. The quantitative estimate of drug-likeness (QED) is 0.485. The molecule has 0 radical (unpaired) electrons. The number of fused-ring (bicyclic) bond motifs is 4. The number of Topliss-reactive ketones (excluding diaryl/α,β-unsaturated/α-hetero) is 1. The summed E-state index contributed by atoms with van der Waals surface area (Å²) in [6.07, 6.45) is 4.93. The molecule has 1 N–H and O–H groups in total. The molecule has 4 unspecified atom stereocenters. The number of carbonyl (C=O) groups is 1. The number of aliphatic hydroxyl groups is 1. The van der Waals surface area contributed by atoms with Crippen molar-refractivity contribution in [2.24, 2.45) is 40.4 Å². The lowest BCUT2D eigenvalue weighted by Crippen LogP contribution is -2.62. The van der Waals surface area contributed by atoms with Crippen molar-refractivity contribution < 1.29 is 14.6 Å². The van der Waals surface area contributed by atoms with Gasteiger partial charge in [-0.1, -0.05) is 43.6 Å². The molecule has 3 nitrogen and oxygen atoms in total. The van der Waals surface area contributed by atoms with Crippen LogP contribution in [0.15, 0.2) is 0 Å². The zero-order chi connectivity index (χ0) is 17.9. The standard InChI is InChI=1S/C21H31BrO3/c1-10-11(2)17(24)19(3)7-6-13-14(15(10)19)16(22)18-21(25-18)9-12(23)5-8-20(13,21)4/h10-16,18,23H,5-9H2,1-4H3/t10-,11+,12+,13?,14?,15?,16+,18-,19?,20-,21-/m1/s1. The Morgan fingerprint density at radius 2 is 1.92 bits per heavy atom. The monoisotopic (exact) mass is 410 g/mol. The van der Waals surface area contributed by atoms with E-state index in [2.05, 4.69) is 43.6 Å². The molecule has 0 amide bonds. The Labute approximate surface area is 159 Å². The normalized spacial score (nSPS) is 65.6. The summed E-state index contributed by atoms with van der Waals surface area (Å²) in [6, 6.07) is 0. The van der Waals surface area contributed by atoms with Crippen molar-refractivity contribution in [2.45, 2.75) is 82.4 Å². The van der Waals surface area contributed by atoms with Crippen LogP contribution in [0.5, 0.6) is 0 Å². The molecule has 0 aromatic rings. The Morgan fingerprint density at radius 3 is 2.64 bits per heavy atom. The number of carbonyl (C=O) groups excluding carboxylic acids is 1. The maximum atomic E-state index is 13.1. The SMILES string of the molecule is C[C@@H]1C(=O)C2(C)CCC3C(C2[C@@H]1C)[C@H](Br)[C@H]1O[C@]12C[C@@H](O)CC[C@]32C. The summed E-state index contributed by atoms with van der Waals surface area (Å²) in [5.74, 6) is 2.71. The molecule has 5 rings (SSSR count). The van der Waals surface area contributed by atoms with Gasteiger partial charge in [-0.05, 0) is 49.4 Å². The Morgan fingerprint density at radius 1 is 1.20 bits per heavy atom. The highest BCUT2D eigenvalue weighted by molar-refractivity contribution is 9.09. The minimum atomic E-state index is -0.213. The summed E-state index contributed by atoms with van der Waals surface area (Å²) >= 11 is 4.05. The average molecular weight is 411 g/mol. The van der Waals surface area contributed by atoms with E-state index in [9.17, 15) is 9.90 Å². The predicted molar refractivity (Wildman–Crippen MR) is 99.4 cm³/mol. The van der Waals surface area contributed by atoms with E-state index in [-0.39, 0.29) is 34.6 Å². The summed E-state index contributed by atoms with van der Waals surface area (Å²) in [6.45, 7) is 9.14. The van der Waals surface area contributed by atoms with Gasteiger partial charge in [-0.15, -0.1) is 0 Å². The van der Waals surface area contributed by atoms with Crippen LogP contribution in [0.25, 0.3) is 0 Å². The Hall–Kier alpha value is 0.0700. The average Bonchev–Trinajstić information content (AvgIpc) is 3.27. The molecule has 0 aromatic carbocycles. The van der Waals surface area contributed by atoms with Crippen LogP contribution >= 0.6 is 15.9 Å². The minimum Gasteiger partial charge on any atom is -0.393 e. The fourth-order valence-electron chi connectivity index (χ4n) is 8.14. The number of alkyl halides is 1. The molecule has 1 saturated heterocycles. The summed E-state index contributed by atoms with van der Waals surface area (Å²) in [5.41, 5.74) is -0.113. The highest BCUT2D eigenvalue weighted by atomic mass is 79.9. The van der Waals surface area contributed by atoms with Crippen molar-refractivity contribution in [1.29, 1.82) is 0 Å². The molecule has 140 valence electrons. The van der Waals surface area contributed by atoms with Crippen LogP contribution in [0.2, 0.25) is 0 Å². The zero-order valence-corrected chi connectivity index (χ0v) is 17.4. The Kier molecular flexibility index (Phi) is 3.38. The van der Waals surface area contributed by atoms with Gasteiger partial charge in [0, 0.05) is 28.0 Å². The second-order valence-corrected chi connectivity index (χ2v) is 11.4. The van der Waals surface area contributed by atoms with Crippen LogP contribution in [0.3, 0.4) is 0 Å². The van der Waals surface area contributed by atoms with Gasteiger partial charge in [0.25, 0.3) is 0 Å². The van der Waals surface area contributed by atoms with E-state index in [1.165, 1.54) is 0 Å². The van der Waals surface area contributed by atoms with Crippen molar-refractivity contribution in [3.63, 3.8) is 0 Å². The van der Waals surface area contributed by atoms with Gasteiger partial charge in [-0.2, -0.15) is 0 Å². The molecule has 25 heavy (non-hydrogen) atoms. The number of hydrogen-bond acceptors (Lipinski definition) is 3. The van der Waals surface area contributed by atoms with Gasteiger partial charge in [0.05, 0.1) is 6.10 Å². The molecule has 5 fully saturated rings. The largest absolute Gasteiger partial charge is 0.393 e. The molecular weight excluding hydrogens is 380 g/mol. The molecule has 11 atom stereocenters. The van der Waals surface area contributed by atoms with Crippen LogP contribution in [-0.2, 0) is 9.53 Å². The molecule has 4 heteroatoms. The molecular formula is C21H31BrO3. The second kappa shape index (κ2) is 4.91. The predicted octanol–water partition coefficient (Wildman–Crippen LogP) is 3.96. The van der Waals surface area contributed by atoms with E-state index in [0.29, 0.717) is 34.3 Å². The van der Waals surface area contributed by atoms with Gasteiger partial charge in [0.15, 0.2) is 0 Å². The van der Waals surface area contributed by atoms with E-state index in [4.69, 9.17) is 4.74 Å². The lowest BCUT2D eigenvalue weighted by molar-refractivity contribution is -0.139. The molecule has 4 saturated carbocycles. The molecule has 0 aromatic heterocycles. The van der Waals surface area contributed by atoms with E-state index < -0.39 is 0 Å². The van der Waals surface area contributed by atoms with Crippen molar-refractivity contribution in [2.75, 3.05) is 0 Å². The minimum absolute atomic E-state index is 0.120. The van der Waals surface area contributed by atoms with Gasteiger partial charge < -0.3 is 9.84 Å². The van der Waals surface area contributed by atoms with E-state index in [0.717, 1.165) is 32.1 Å². The molecule has 5 aliphatic rings. The van der Waals surface area contributed by atoms with Crippen molar-refractivity contribution >= 4 is 21.7 Å². The Balaban J connectivity index is 1.59. The first-order valence-electron chi connectivity index (χ1n) is 10.2. The van der Waals surface area contributed by atoms with Gasteiger partial charge in [-0.25, -0.2) is 0 Å². The van der Waals surface area contributed by atoms with E-state index >= 15 is 0 Å². The number of epoxide rings is 1. The van der Waals surface area contributed by atoms with Gasteiger partial charge >= 0.3 is 0 Å². The number of ketones is 1. The topological polar surface area (TPSA) is 49.8 Å². The Bertz CT molecular complexity index is 637. The van der Waals surface area contributed by atoms with Gasteiger partial charge in [0.1, 0.15) is 17.5 Å².